The first-order chi connectivity index (χ1) is 11.6. The van der Waals surface area contributed by atoms with Crippen molar-refractivity contribution in [3.63, 3.8) is 0 Å². The van der Waals surface area contributed by atoms with Crippen LogP contribution in [0.25, 0.3) is 0 Å². The summed E-state index contributed by atoms with van der Waals surface area (Å²) in [6.07, 6.45) is 2.95. The van der Waals surface area contributed by atoms with Crippen LogP contribution in [0.15, 0.2) is 48.8 Å². The lowest BCUT2D eigenvalue weighted by Crippen LogP contribution is -2.28. The number of aromatic nitrogens is 1. The minimum absolute atomic E-state index is 0.314. The Bertz CT molecular complexity index is 674. The molecule has 0 aliphatic heterocycles. The Balaban J connectivity index is 1.86. The van der Waals surface area contributed by atoms with Crippen molar-refractivity contribution in [2.45, 2.75) is 13.5 Å². The molecule has 2 rings (SSSR count). The average molecular weight is 328 g/mol. The summed E-state index contributed by atoms with van der Waals surface area (Å²) in [7, 11) is 1.63. The van der Waals surface area contributed by atoms with E-state index in [1.165, 1.54) is 4.90 Å². The van der Waals surface area contributed by atoms with Gasteiger partial charge in [0.05, 0.1) is 6.61 Å². The molecule has 1 heterocycles. The van der Waals surface area contributed by atoms with Crippen LogP contribution in [-0.2, 0) is 11.3 Å². The van der Waals surface area contributed by atoms with Crippen molar-refractivity contribution in [2.75, 3.05) is 23.9 Å². The molecule has 0 radical (unpaired) electrons. The van der Waals surface area contributed by atoms with Gasteiger partial charge in [-0.3, -0.25) is 9.88 Å². The van der Waals surface area contributed by atoms with Gasteiger partial charge in [-0.25, -0.2) is 9.59 Å². The van der Waals surface area contributed by atoms with Crippen molar-refractivity contribution in [3.8, 4) is 0 Å². The van der Waals surface area contributed by atoms with E-state index in [0.717, 1.165) is 5.56 Å². The van der Waals surface area contributed by atoms with E-state index in [4.69, 9.17) is 4.74 Å². The molecule has 0 unspecified atom stereocenters. The number of nitrogens with zero attached hydrogens (tertiary/aromatic N) is 2. The van der Waals surface area contributed by atoms with Crippen LogP contribution in [0.4, 0.5) is 21.0 Å². The number of hydrogen-bond donors (Lipinski definition) is 2. The molecule has 0 saturated carbocycles. The van der Waals surface area contributed by atoms with E-state index in [9.17, 15) is 9.59 Å². The molecule has 24 heavy (non-hydrogen) atoms. The highest BCUT2D eigenvalue weighted by molar-refractivity contribution is 5.90. The summed E-state index contributed by atoms with van der Waals surface area (Å²) in [4.78, 5) is 28.9. The standard InChI is InChI=1S/C17H20N4O3/c1-3-24-17(23)21(2)15-8-6-14(7-9-15)20-16(22)19-12-13-5-4-10-18-11-13/h4-11H,3,12H2,1-2H3,(H2,19,20,22). The summed E-state index contributed by atoms with van der Waals surface area (Å²) in [6.45, 7) is 2.46. The van der Waals surface area contributed by atoms with Crippen molar-refractivity contribution in [3.05, 3.63) is 54.4 Å². The first-order valence-electron chi connectivity index (χ1n) is 7.54. The quantitative estimate of drug-likeness (QED) is 0.884. The van der Waals surface area contributed by atoms with E-state index in [0.29, 0.717) is 24.5 Å². The maximum Gasteiger partial charge on any atom is 0.413 e. The van der Waals surface area contributed by atoms with Crippen LogP contribution in [0.5, 0.6) is 0 Å². The van der Waals surface area contributed by atoms with E-state index in [-0.39, 0.29) is 6.03 Å². The van der Waals surface area contributed by atoms with Gasteiger partial charge >= 0.3 is 12.1 Å². The van der Waals surface area contributed by atoms with Crippen LogP contribution >= 0.6 is 0 Å². The molecule has 2 aromatic rings. The molecule has 0 atom stereocenters. The number of rotatable bonds is 5. The molecular weight excluding hydrogens is 308 g/mol. The fourth-order valence-electron chi connectivity index (χ4n) is 1.95. The van der Waals surface area contributed by atoms with Crippen LogP contribution in [-0.4, -0.2) is 30.8 Å². The van der Waals surface area contributed by atoms with Gasteiger partial charge in [0.2, 0.25) is 0 Å². The Morgan fingerprint density at radius 2 is 1.96 bits per heavy atom. The Hall–Kier alpha value is -3.09. The number of carbonyl (C=O) groups excluding carboxylic acids is 2. The summed E-state index contributed by atoms with van der Waals surface area (Å²) in [5, 5.41) is 5.47. The third-order valence-corrected chi connectivity index (χ3v) is 3.23. The number of ether oxygens (including phenoxy) is 1. The predicted molar refractivity (Wildman–Crippen MR) is 92.0 cm³/mol. The highest BCUT2D eigenvalue weighted by Crippen LogP contribution is 2.17. The molecule has 0 saturated heterocycles. The Labute approximate surface area is 140 Å². The Morgan fingerprint density at radius 3 is 2.58 bits per heavy atom. The monoisotopic (exact) mass is 328 g/mol. The fraction of sp³-hybridized carbons (Fsp3) is 0.235. The molecule has 1 aromatic carbocycles. The van der Waals surface area contributed by atoms with Gasteiger partial charge in [-0.05, 0) is 42.8 Å². The lowest BCUT2D eigenvalue weighted by molar-refractivity contribution is 0.161. The zero-order valence-corrected chi connectivity index (χ0v) is 13.7. The second-order valence-corrected chi connectivity index (χ2v) is 4.97. The third kappa shape index (κ3) is 4.98. The van der Waals surface area contributed by atoms with E-state index in [1.807, 2.05) is 12.1 Å². The van der Waals surface area contributed by atoms with Crippen LogP contribution < -0.4 is 15.5 Å². The predicted octanol–water partition coefficient (Wildman–Crippen LogP) is 3.00. The third-order valence-electron chi connectivity index (χ3n) is 3.23. The second kappa shape index (κ2) is 8.52. The number of pyridine rings is 1. The molecule has 0 spiro atoms. The molecule has 0 bridgehead atoms. The number of carbonyl (C=O) groups is 2. The van der Waals surface area contributed by atoms with Crippen LogP contribution in [0.1, 0.15) is 12.5 Å². The van der Waals surface area contributed by atoms with E-state index in [1.54, 1.807) is 50.6 Å². The summed E-state index contributed by atoms with van der Waals surface area (Å²) in [5.41, 5.74) is 2.22. The van der Waals surface area contributed by atoms with Crippen LogP contribution in [0.2, 0.25) is 0 Å². The van der Waals surface area contributed by atoms with Gasteiger partial charge in [-0.2, -0.15) is 0 Å². The lowest BCUT2D eigenvalue weighted by atomic mass is 10.2. The Morgan fingerprint density at radius 1 is 1.21 bits per heavy atom. The van der Waals surface area contributed by atoms with Crippen LogP contribution in [0.3, 0.4) is 0 Å². The number of anilines is 2. The topological polar surface area (TPSA) is 83.6 Å². The number of hydrogen-bond acceptors (Lipinski definition) is 4. The molecule has 2 N–H and O–H groups in total. The highest BCUT2D eigenvalue weighted by Gasteiger charge is 2.11. The lowest BCUT2D eigenvalue weighted by Gasteiger charge is -2.17. The minimum atomic E-state index is -0.424. The zero-order chi connectivity index (χ0) is 17.4. The van der Waals surface area contributed by atoms with Crippen molar-refractivity contribution in [1.82, 2.24) is 10.3 Å². The molecule has 0 fully saturated rings. The number of benzene rings is 1. The molecule has 3 amide bonds. The summed E-state index contributed by atoms with van der Waals surface area (Å²) < 4.78 is 4.93. The fourth-order valence-corrected chi connectivity index (χ4v) is 1.95. The second-order valence-electron chi connectivity index (χ2n) is 4.97. The number of amides is 3. The summed E-state index contributed by atoms with van der Waals surface area (Å²) in [6, 6.07) is 10.3. The molecular formula is C17H20N4O3. The largest absolute Gasteiger partial charge is 0.449 e. The normalized spacial score (nSPS) is 9.92. The first-order valence-corrected chi connectivity index (χ1v) is 7.54. The molecule has 0 aliphatic carbocycles. The molecule has 7 nitrogen and oxygen atoms in total. The van der Waals surface area contributed by atoms with E-state index in [2.05, 4.69) is 15.6 Å². The number of urea groups is 1. The zero-order valence-electron chi connectivity index (χ0n) is 13.7. The summed E-state index contributed by atoms with van der Waals surface area (Å²) in [5.74, 6) is 0. The van der Waals surface area contributed by atoms with Gasteiger partial charge in [0.25, 0.3) is 0 Å². The molecule has 0 aliphatic rings. The minimum Gasteiger partial charge on any atom is -0.449 e. The first kappa shape index (κ1) is 17.3. The van der Waals surface area contributed by atoms with Gasteiger partial charge in [0, 0.05) is 37.4 Å². The van der Waals surface area contributed by atoms with Crippen molar-refractivity contribution < 1.29 is 14.3 Å². The molecule has 7 heteroatoms. The van der Waals surface area contributed by atoms with Gasteiger partial charge in [-0.1, -0.05) is 6.07 Å². The van der Waals surface area contributed by atoms with Gasteiger partial charge < -0.3 is 15.4 Å². The molecule has 126 valence electrons. The van der Waals surface area contributed by atoms with Crippen molar-refractivity contribution >= 4 is 23.5 Å². The van der Waals surface area contributed by atoms with Gasteiger partial charge in [0.15, 0.2) is 0 Å². The smallest absolute Gasteiger partial charge is 0.413 e. The van der Waals surface area contributed by atoms with Crippen LogP contribution in [0, 0.1) is 0 Å². The van der Waals surface area contributed by atoms with Gasteiger partial charge in [0.1, 0.15) is 0 Å². The van der Waals surface area contributed by atoms with Gasteiger partial charge in [-0.15, -0.1) is 0 Å². The maximum atomic E-state index is 11.9. The molecule has 1 aromatic heterocycles. The summed E-state index contributed by atoms with van der Waals surface area (Å²) >= 11 is 0. The average Bonchev–Trinajstić information content (AvgIpc) is 2.61. The van der Waals surface area contributed by atoms with Crippen molar-refractivity contribution in [2.24, 2.45) is 0 Å². The van der Waals surface area contributed by atoms with E-state index < -0.39 is 6.09 Å². The SMILES string of the molecule is CCOC(=O)N(C)c1ccc(NC(=O)NCc2cccnc2)cc1. The maximum absolute atomic E-state index is 11.9. The number of nitrogens with one attached hydrogen (secondary N) is 2. The Kier molecular flexibility index (Phi) is 6.13. The van der Waals surface area contributed by atoms with Crippen molar-refractivity contribution in [1.29, 1.82) is 0 Å². The highest BCUT2D eigenvalue weighted by atomic mass is 16.6. The van der Waals surface area contributed by atoms with E-state index >= 15 is 0 Å².